The molecule has 4 N–H and O–H groups in total. The van der Waals surface area contributed by atoms with Gasteiger partial charge in [0.25, 0.3) is 0 Å². The van der Waals surface area contributed by atoms with Crippen LogP contribution < -0.4 is 11.5 Å². The number of halogens is 2. The molecule has 0 bridgehead atoms. The van der Waals surface area contributed by atoms with Crippen molar-refractivity contribution in [2.24, 2.45) is 11.5 Å². The summed E-state index contributed by atoms with van der Waals surface area (Å²) in [5.74, 6) is 0. The summed E-state index contributed by atoms with van der Waals surface area (Å²) in [5.41, 5.74) is 11.1. The quantitative estimate of drug-likeness (QED) is 0.703. The van der Waals surface area contributed by atoms with E-state index < -0.39 is 0 Å². The topological polar surface area (TPSA) is 52.0 Å². The van der Waals surface area contributed by atoms with Gasteiger partial charge in [-0.25, -0.2) is 0 Å². The molecule has 0 aliphatic carbocycles. The Kier molecular flexibility index (Phi) is 16.0. The fourth-order valence-corrected chi connectivity index (χ4v) is 0.596. The molecule has 0 fully saturated rings. The van der Waals surface area contributed by atoms with E-state index in [0.717, 1.165) is 12.8 Å². The van der Waals surface area contributed by atoms with E-state index in [-0.39, 0.29) is 36.9 Å². The van der Waals surface area contributed by atoms with Gasteiger partial charge in [0.1, 0.15) is 0 Å². The molecule has 2 atom stereocenters. The first-order chi connectivity index (χ1) is 3.68. The second-order valence-corrected chi connectivity index (χ2v) is 2.31. The standard InChI is InChI=1S/C6H16N2.2ClH/c1-3-4-6(8)5(2)7;;/h5-6H,3-4,7-8H2,1-2H3;2*1H. The predicted molar refractivity (Wildman–Crippen MR) is 51.0 cm³/mol. The Morgan fingerprint density at radius 2 is 1.60 bits per heavy atom. The second-order valence-electron chi connectivity index (χ2n) is 2.31. The van der Waals surface area contributed by atoms with E-state index in [1.165, 1.54) is 0 Å². The third-order valence-corrected chi connectivity index (χ3v) is 1.30. The summed E-state index contributed by atoms with van der Waals surface area (Å²) >= 11 is 0. The van der Waals surface area contributed by atoms with E-state index in [1.54, 1.807) is 0 Å². The van der Waals surface area contributed by atoms with Gasteiger partial charge in [0, 0.05) is 12.1 Å². The Balaban J connectivity index is -0.000000245. The van der Waals surface area contributed by atoms with Crippen LogP contribution in [0.4, 0.5) is 0 Å². The molecule has 10 heavy (non-hydrogen) atoms. The van der Waals surface area contributed by atoms with Gasteiger partial charge in [0.15, 0.2) is 0 Å². The number of nitrogens with two attached hydrogens (primary N) is 2. The lowest BCUT2D eigenvalue weighted by molar-refractivity contribution is 0.518. The zero-order chi connectivity index (χ0) is 6.57. The zero-order valence-corrected chi connectivity index (χ0v) is 8.17. The number of hydrogen-bond acceptors (Lipinski definition) is 2. The van der Waals surface area contributed by atoms with Crippen molar-refractivity contribution in [3.05, 3.63) is 0 Å². The summed E-state index contributed by atoms with van der Waals surface area (Å²) in [6, 6.07) is 0.343. The fraction of sp³-hybridized carbons (Fsp3) is 1.00. The summed E-state index contributed by atoms with van der Waals surface area (Å²) in [7, 11) is 0. The highest BCUT2D eigenvalue weighted by Gasteiger charge is 2.04. The van der Waals surface area contributed by atoms with Crippen molar-refractivity contribution in [2.45, 2.75) is 38.8 Å². The Labute approximate surface area is 75.5 Å². The average molecular weight is 189 g/mol. The van der Waals surface area contributed by atoms with Gasteiger partial charge in [-0.05, 0) is 13.3 Å². The minimum Gasteiger partial charge on any atom is -0.327 e. The van der Waals surface area contributed by atoms with Gasteiger partial charge in [-0.3, -0.25) is 0 Å². The molecule has 0 rings (SSSR count). The largest absolute Gasteiger partial charge is 0.327 e. The third kappa shape index (κ3) is 8.50. The highest BCUT2D eigenvalue weighted by Crippen LogP contribution is 1.94. The molecule has 2 nitrogen and oxygen atoms in total. The van der Waals surface area contributed by atoms with Gasteiger partial charge in [0.2, 0.25) is 0 Å². The number of hydrogen-bond donors (Lipinski definition) is 2. The first-order valence-electron chi connectivity index (χ1n) is 3.19. The average Bonchev–Trinajstić information content (AvgIpc) is 1.67. The SMILES string of the molecule is CCCC(N)C(C)N.Cl.Cl. The normalized spacial score (nSPS) is 14.4. The summed E-state index contributed by atoms with van der Waals surface area (Å²) in [6.07, 6.45) is 2.17. The Bertz CT molecular complexity index is 59.7. The number of rotatable bonds is 3. The van der Waals surface area contributed by atoms with Crippen LogP contribution in [0.2, 0.25) is 0 Å². The van der Waals surface area contributed by atoms with Crippen molar-refractivity contribution < 1.29 is 0 Å². The second kappa shape index (κ2) is 9.50. The van der Waals surface area contributed by atoms with Crippen molar-refractivity contribution in [1.82, 2.24) is 0 Å². The van der Waals surface area contributed by atoms with Crippen LogP contribution in [0.3, 0.4) is 0 Å². The molecule has 0 aromatic carbocycles. The molecule has 2 unspecified atom stereocenters. The fourth-order valence-electron chi connectivity index (χ4n) is 0.596. The van der Waals surface area contributed by atoms with E-state index >= 15 is 0 Å². The summed E-state index contributed by atoms with van der Waals surface area (Å²) < 4.78 is 0. The van der Waals surface area contributed by atoms with Crippen LogP contribution in [0, 0.1) is 0 Å². The smallest absolute Gasteiger partial charge is 0.0189 e. The maximum atomic E-state index is 5.60. The van der Waals surface area contributed by atoms with Crippen molar-refractivity contribution in [2.75, 3.05) is 0 Å². The Hall–Kier alpha value is 0.500. The van der Waals surface area contributed by atoms with Crippen molar-refractivity contribution in [3.8, 4) is 0 Å². The zero-order valence-electron chi connectivity index (χ0n) is 6.54. The summed E-state index contributed by atoms with van der Waals surface area (Å²) in [5, 5.41) is 0. The molecule has 0 heterocycles. The maximum absolute atomic E-state index is 5.60. The molecule has 0 saturated heterocycles. The molecule has 0 aliphatic rings. The van der Waals surface area contributed by atoms with Gasteiger partial charge < -0.3 is 11.5 Å². The molecule has 0 spiro atoms. The lowest BCUT2D eigenvalue weighted by atomic mass is 10.1. The molecule has 66 valence electrons. The van der Waals surface area contributed by atoms with Gasteiger partial charge in [-0.2, -0.15) is 0 Å². The molecule has 0 aromatic rings. The minimum absolute atomic E-state index is 0. The Morgan fingerprint density at radius 3 is 1.70 bits per heavy atom. The van der Waals surface area contributed by atoms with E-state index in [2.05, 4.69) is 6.92 Å². The highest BCUT2D eigenvalue weighted by atomic mass is 35.5. The lowest BCUT2D eigenvalue weighted by Crippen LogP contribution is -2.38. The predicted octanol–water partition coefficient (Wildman–Crippen LogP) is 1.30. The van der Waals surface area contributed by atoms with E-state index in [1.807, 2.05) is 6.92 Å². The van der Waals surface area contributed by atoms with Crippen LogP contribution in [0.5, 0.6) is 0 Å². The van der Waals surface area contributed by atoms with Crippen LogP contribution in [-0.2, 0) is 0 Å². The van der Waals surface area contributed by atoms with Gasteiger partial charge in [0.05, 0.1) is 0 Å². The van der Waals surface area contributed by atoms with Crippen molar-refractivity contribution >= 4 is 24.8 Å². The summed E-state index contributed by atoms with van der Waals surface area (Å²) in [6.45, 7) is 4.06. The molecule has 0 saturated carbocycles. The van der Waals surface area contributed by atoms with Crippen LogP contribution in [0.25, 0.3) is 0 Å². The molecule has 0 aliphatic heterocycles. The molecule has 4 heteroatoms. The van der Waals surface area contributed by atoms with Crippen molar-refractivity contribution in [3.63, 3.8) is 0 Å². The van der Waals surface area contributed by atoms with E-state index in [0.29, 0.717) is 0 Å². The van der Waals surface area contributed by atoms with Crippen molar-refractivity contribution in [1.29, 1.82) is 0 Å². The lowest BCUT2D eigenvalue weighted by Gasteiger charge is -2.13. The highest BCUT2D eigenvalue weighted by molar-refractivity contribution is 5.85. The van der Waals surface area contributed by atoms with Crippen LogP contribution in [0.15, 0.2) is 0 Å². The van der Waals surface area contributed by atoms with E-state index in [9.17, 15) is 0 Å². The monoisotopic (exact) mass is 188 g/mol. The van der Waals surface area contributed by atoms with Gasteiger partial charge >= 0.3 is 0 Å². The molecular formula is C6H18Cl2N2. The van der Waals surface area contributed by atoms with Gasteiger partial charge in [-0.15, -0.1) is 24.8 Å². The van der Waals surface area contributed by atoms with Crippen LogP contribution in [-0.4, -0.2) is 12.1 Å². The first kappa shape index (κ1) is 16.8. The molecule has 0 amide bonds. The third-order valence-electron chi connectivity index (χ3n) is 1.30. The molecular weight excluding hydrogens is 171 g/mol. The Morgan fingerprint density at radius 1 is 1.20 bits per heavy atom. The van der Waals surface area contributed by atoms with Gasteiger partial charge in [-0.1, -0.05) is 13.3 Å². The molecule has 0 radical (unpaired) electrons. The van der Waals surface area contributed by atoms with Crippen LogP contribution >= 0.6 is 24.8 Å². The first-order valence-corrected chi connectivity index (χ1v) is 3.19. The molecule has 0 aromatic heterocycles. The summed E-state index contributed by atoms with van der Waals surface area (Å²) in [4.78, 5) is 0. The van der Waals surface area contributed by atoms with E-state index in [4.69, 9.17) is 11.5 Å². The minimum atomic E-state index is 0. The van der Waals surface area contributed by atoms with Crippen LogP contribution in [0.1, 0.15) is 26.7 Å². The maximum Gasteiger partial charge on any atom is 0.0189 e.